The lowest BCUT2D eigenvalue weighted by molar-refractivity contribution is 0.180. The van der Waals surface area contributed by atoms with Crippen LogP contribution in [0.5, 0.6) is 0 Å². The molecule has 22 heavy (non-hydrogen) atoms. The molecule has 130 valence electrons. The van der Waals surface area contributed by atoms with Crippen molar-refractivity contribution in [3.63, 3.8) is 0 Å². The molecule has 2 aliphatic rings. The van der Waals surface area contributed by atoms with Crippen LogP contribution in [0.25, 0.3) is 0 Å². The SMILES string of the molecule is CC(CCC(C)(C)F)N[C@H](C)CC1(C2CCC(I)CC2)CC1. The van der Waals surface area contributed by atoms with Gasteiger partial charge in [0.1, 0.15) is 5.67 Å². The lowest BCUT2D eigenvalue weighted by Crippen LogP contribution is -2.38. The predicted octanol–water partition coefficient (Wildman–Crippen LogP) is 6.05. The van der Waals surface area contributed by atoms with Gasteiger partial charge >= 0.3 is 0 Å². The third kappa shape index (κ3) is 5.92. The Morgan fingerprint density at radius 2 is 1.73 bits per heavy atom. The van der Waals surface area contributed by atoms with E-state index in [4.69, 9.17) is 0 Å². The topological polar surface area (TPSA) is 12.0 Å². The normalized spacial score (nSPS) is 30.8. The first-order chi connectivity index (χ1) is 10.2. The lowest BCUT2D eigenvalue weighted by atomic mass is 9.75. The summed E-state index contributed by atoms with van der Waals surface area (Å²) < 4.78 is 14.5. The van der Waals surface area contributed by atoms with E-state index in [0.717, 1.165) is 16.3 Å². The Balaban J connectivity index is 1.73. The van der Waals surface area contributed by atoms with Gasteiger partial charge in [0, 0.05) is 16.0 Å². The van der Waals surface area contributed by atoms with Crippen molar-refractivity contribution in [3.8, 4) is 0 Å². The van der Waals surface area contributed by atoms with Gasteiger partial charge in [-0.2, -0.15) is 0 Å². The Hall–Kier alpha value is 0.620. The summed E-state index contributed by atoms with van der Waals surface area (Å²) in [6.07, 6.45) is 11.6. The lowest BCUT2D eigenvalue weighted by Gasteiger charge is -2.35. The molecule has 0 aromatic rings. The van der Waals surface area contributed by atoms with E-state index in [1.807, 2.05) is 0 Å². The second-order valence-electron chi connectivity index (χ2n) is 8.74. The highest BCUT2D eigenvalue weighted by atomic mass is 127. The molecule has 0 radical (unpaired) electrons. The van der Waals surface area contributed by atoms with Gasteiger partial charge in [0.15, 0.2) is 0 Å². The molecule has 0 aromatic carbocycles. The van der Waals surface area contributed by atoms with Gasteiger partial charge in [-0.3, -0.25) is 0 Å². The van der Waals surface area contributed by atoms with E-state index >= 15 is 0 Å². The van der Waals surface area contributed by atoms with Crippen LogP contribution in [0, 0.1) is 11.3 Å². The summed E-state index contributed by atoms with van der Waals surface area (Å²) in [6.45, 7) is 7.92. The summed E-state index contributed by atoms with van der Waals surface area (Å²) in [7, 11) is 0. The second kappa shape index (κ2) is 7.67. The average molecular weight is 423 g/mol. The molecule has 0 saturated heterocycles. The van der Waals surface area contributed by atoms with Gasteiger partial charge in [-0.15, -0.1) is 0 Å². The van der Waals surface area contributed by atoms with Crippen LogP contribution in [0.15, 0.2) is 0 Å². The fraction of sp³-hybridized carbons (Fsp3) is 1.00. The minimum Gasteiger partial charge on any atom is -0.312 e. The number of nitrogens with one attached hydrogen (secondary N) is 1. The van der Waals surface area contributed by atoms with Crippen molar-refractivity contribution in [1.82, 2.24) is 5.32 Å². The summed E-state index contributed by atoms with van der Waals surface area (Å²) in [6, 6.07) is 0.989. The van der Waals surface area contributed by atoms with E-state index in [1.165, 1.54) is 44.9 Å². The first-order valence-corrected chi connectivity index (χ1v) is 10.5. The number of hydrogen-bond acceptors (Lipinski definition) is 1. The van der Waals surface area contributed by atoms with E-state index < -0.39 is 5.67 Å². The van der Waals surface area contributed by atoms with E-state index in [1.54, 1.807) is 13.8 Å². The maximum Gasteiger partial charge on any atom is 0.105 e. The smallest absolute Gasteiger partial charge is 0.105 e. The van der Waals surface area contributed by atoms with Gasteiger partial charge in [0.05, 0.1) is 0 Å². The van der Waals surface area contributed by atoms with Gasteiger partial charge in [-0.1, -0.05) is 22.6 Å². The number of rotatable bonds is 8. The molecule has 2 rings (SSSR count). The van der Waals surface area contributed by atoms with Gasteiger partial charge in [0.25, 0.3) is 0 Å². The minimum absolute atomic E-state index is 0.422. The molecule has 1 unspecified atom stereocenters. The van der Waals surface area contributed by atoms with Crippen LogP contribution in [0.3, 0.4) is 0 Å². The van der Waals surface area contributed by atoms with Crippen molar-refractivity contribution in [2.24, 2.45) is 11.3 Å². The first-order valence-electron chi connectivity index (χ1n) is 9.29. The monoisotopic (exact) mass is 423 g/mol. The third-order valence-electron chi connectivity index (χ3n) is 5.87. The molecule has 1 nitrogen and oxygen atoms in total. The molecule has 0 heterocycles. The van der Waals surface area contributed by atoms with Gasteiger partial charge < -0.3 is 5.32 Å². The van der Waals surface area contributed by atoms with Gasteiger partial charge in [0.2, 0.25) is 0 Å². The Bertz CT molecular complexity index is 340. The van der Waals surface area contributed by atoms with Crippen molar-refractivity contribution in [2.75, 3.05) is 0 Å². The number of alkyl halides is 2. The summed E-state index contributed by atoms with van der Waals surface area (Å²) in [5, 5.41) is 3.73. The van der Waals surface area contributed by atoms with Crippen LogP contribution in [-0.2, 0) is 0 Å². The maximum atomic E-state index is 13.6. The molecule has 1 N–H and O–H groups in total. The second-order valence-corrected chi connectivity index (χ2v) is 10.5. The van der Waals surface area contributed by atoms with Crippen LogP contribution in [0.1, 0.15) is 85.5 Å². The van der Waals surface area contributed by atoms with E-state index in [9.17, 15) is 4.39 Å². The largest absolute Gasteiger partial charge is 0.312 e. The van der Waals surface area contributed by atoms with Crippen molar-refractivity contribution in [1.29, 1.82) is 0 Å². The molecule has 2 aliphatic carbocycles. The quantitative estimate of drug-likeness (QED) is 0.371. The molecule has 0 aliphatic heterocycles. The fourth-order valence-electron chi connectivity index (χ4n) is 4.40. The van der Waals surface area contributed by atoms with Crippen LogP contribution in [-0.4, -0.2) is 21.7 Å². The zero-order chi connectivity index (χ0) is 16.4. The summed E-state index contributed by atoms with van der Waals surface area (Å²) >= 11 is 2.63. The Morgan fingerprint density at radius 1 is 1.14 bits per heavy atom. The number of hydrogen-bond donors (Lipinski definition) is 1. The Morgan fingerprint density at radius 3 is 2.23 bits per heavy atom. The van der Waals surface area contributed by atoms with Crippen molar-refractivity contribution in [2.45, 2.75) is 107 Å². The van der Waals surface area contributed by atoms with Crippen molar-refractivity contribution in [3.05, 3.63) is 0 Å². The average Bonchev–Trinajstić information content (AvgIpc) is 3.17. The van der Waals surface area contributed by atoms with E-state index in [0.29, 0.717) is 23.9 Å². The molecule has 2 saturated carbocycles. The number of halogens is 2. The fourth-order valence-corrected chi connectivity index (χ4v) is 5.12. The third-order valence-corrected chi connectivity index (χ3v) is 7.11. The highest BCUT2D eigenvalue weighted by molar-refractivity contribution is 14.1. The minimum atomic E-state index is -1.03. The van der Waals surface area contributed by atoms with Crippen LogP contribution in [0.4, 0.5) is 4.39 Å². The molecule has 0 amide bonds. The summed E-state index contributed by atoms with van der Waals surface area (Å²) in [4.78, 5) is 0. The van der Waals surface area contributed by atoms with Crippen molar-refractivity contribution < 1.29 is 4.39 Å². The molecular weight excluding hydrogens is 388 g/mol. The van der Waals surface area contributed by atoms with Crippen LogP contribution in [0.2, 0.25) is 0 Å². The molecule has 0 bridgehead atoms. The molecule has 3 heteroatoms. The molecule has 0 aromatic heterocycles. The van der Waals surface area contributed by atoms with E-state index in [2.05, 4.69) is 41.8 Å². The Labute approximate surface area is 150 Å². The molecule has 2 fully saturated rings. The predicted molar refractivity (Wildman–Crippen MR) is 103 cm³/mol. The van der Waals surface area contributed by atoms with Crippen LogP contribution < -0.4 is 5.32 Å². The summed E-state index contributed by atoms with van der Waals surface area (Å²) in [5.74, 6) is 0.975. The van der Waals surface area contributed by atoms with Crippen molar-refractivity contribution >= 4 is 22.6 Å². The summed E-state index contributed by atoms with van der Waals surface area (Å²) in [5.41, 5.74) is -0.378. The zero-order valence-corrected chi connectivity index (χ0v) is 17.1. The van der Waals surface area contributed by atoms with Gasteiger partial charge in [-0.05, 0) is 96.8 Å². The standard InChI is InChI=1S/C19H35FIN/c1-14(9-10-18(3,4)20)22-15(2)13-19(11-12-19)16-5-7-17(21)8-6-16/h14-17,22H,5-13H2,1-4H3/t14?,15-,16?,17?/m1/s1. The van der Waals surface area contributed by atoms with Gasteiger partial charge in [-0.25, -0.2) is 4.39 Å². The highest BCUT2D eigenvalue weighted by Crippen LogP contribution is 2.59. The molecule has 2 atom stereocenters. The Kier molecular flexibility index (Phi) is 6.61. The maximum absolute atomic E-state index is 13.6. The first kappa shape index (κ1) is 19.0. The molecule has 0 spiro atoms. The van der Waals surface area contributed by atoms with Crippen LogP contribution >= 0.6 is 22.6 Å². The molecular formula is C19H35FIN. The zero-order valence-electron chi connectivity index (χ0n) is 14.9. The van der Waals surface area contributed by atoms with E-state index in [-0.39, 0.29) is 0 Å². The highest BCUT2D eigenvalue weighted by Gasteiger charge is 2.49.